The quantitative estimate of drug-likeness (QED) is 0.902. The minimum absolute atomic E-state index is 0.0888. The number of imidazole rings is 1. The summed E-state index contributed by atoms with van der Waals surface area (Å²) in [6, 6.07) is 0.253. The van der Waals surface area contributed by atoms with Crippen LogP contribution in [-0.2, 0) is 17.8 Å². The fourth-order valence-electron chi connectivity index (χ4n) is 2.37. The van der Waals surface area contributed by atoms with Gasteiger partial charge in [0, 0.05) is 36.9 Å². The molecule has 2 atom stereocenters. The van der Waals surface area contributed by atoms with E-state index in [1.807, 2.05) is 20.1 Å². The number of fused-ring (bicyclic) bond motifs is 1. The molecule has 0 spiro atoms. The molecular weight excluding hydrogens is 246 g/mol. The summed E-state index contributed by atoms with van der Waals surface area (Å²) in [7, 11) is 0. The maximum atomic E-state index is 12.0. The Morgan fingerprint density at radius 3 is 3.22 bits per heavy atom. The number of thioether (sulfide) groups is 1. The summed E-state index contributed by atoms with van der Waals surface area (Å²) < 4.78 is 2.17. The third kappa shape index (κ3) is 3.07. The van der Waals surface area contributed by atoms with Gasteiger partial charge in [0.05, 0.1) is 5.69 Å². The molecule has 0 bridgehead atoms. The number of aryl methyl sites for hydroxylation is 2. The highest BCUT2D eigenvalue weighted by Gasteiger charge is 2.22. The normalized spacial score (nSPS) is 20.3. The molecule has 0 aliphatic carbocycles. The van der Waals surface area contributed by atoms with E-state index in [0.29, 0.717) is 0 Å². The van der Waals surface area contributed by atoms with Gasteiger partial charge >= 0.3 is 0 Å². The van der Waals surface area contributed by atoms with Crippen LogP contribution in [0.2, 0.25) is 0 Å². The van der Waals surface area contributed by atoms with E-state index >= 15 is 0 Å². The van der Waals surface area contributed by atoms with Gasteiger partial charge in [-0.05, 0) is 19.6 Å². The van der Waals surface area contributed by atoms with Crippen molar-refractivity contribution in [2.45, 2.75) is 39.3 Å². The molecule has 5 heteroatoms. The van der Waals surface area contributed by atoms with Crippen molar-refractivity contribution in [3.63, 3.8) is 0 Å². The van der Waals surface area contributed by atoms with Crippen molar-refractivity contribution in [1.29, 1.82) is 0 Å². The van der Waals surface area contributed by atoms with Crippen molar-refractivity contribution in [2.24, 2.45) is 5.92 Å². The molecular formula is C13H21N3OS. The van der Waals surface area contributed by atoms with Gasteiger partial charge in [-0.15, -0.1) is 0 Å². The van der Waals surface area contributed by atoms with E-state index in [1.54, 1.807) is 11.8 Å². The van der Waals surface area contributed by atoms with E-state index in [4.69, 9.17) is 0 Å². The number of aromatic nitrogens is 2. The molecule has 0 unspecified atom stereocenters. The minimum Gasteiger partial charge on any atom is -0.351 e. The van der Waals surface area contributed by atoms with Crippen molar-refractivity contribution >= 4 is 17.7 Å². The summed E-state index contributed by atoms with van der Waals surface area (Å²) in [4.78, 5) is 16.4. The van der Waals surface area contributed by atoms with Gasteiger partial charge in [0.2, 0.25) is 5.91 Å². The first-order valence-electron chi connectivity index (χ1n) is 6.42. The first-order valence-corrected chi connectivity index (χ1v) is 7.81. The van der Waals surface area contributed by atoms with E-state index < -0.39 is 0 Å². The Balaban J connectivity index is 1.91. The summed E-state index contributed by atoms with van der Waals surface area (Å²) in [5.74, 6) is 2.30. The van der Waals surface area contributed by atoms with Crippen molar-refractivity contribution in [1.82, 2.24) is 14.9 Å². The van der Waals surface area contributed by atoms with Gasteiger partial charge in [0.1, 0.15) is 5.82 Å². The SMILES string of the molecule is CSC[C@@H](C)C(=O)N[C@H]1CCc2nc(C)cn2C1. The topological polar surface area (TPSA) is 46.9 Å². The maximum Gasteiger partial charge on any atom is 0.223 e. The zero-order chi connectivity index (χ0) is 13.1. The number of carbonyl (C=O) groups excluding carboxylic acids is 1. The Kier molecular flexibility index (Phi) is 4.32. The van der Waals surface area contributed by atoms with Crippen LogP contribution in [0, 0.1) is 12.8 Å². The monoisotopic (exact) mass is 267 g/mol. The molecule has 0 saturated carbocycles. The Morgan fingerprint density at radius 2 is 2.50 bits per heavy atom. The zero-order valence-electron chi connectivity index (χ0n) is 11.3. The van der Waals surface area contributed by atoms with Crippen LogP contribution in [-0.4, -0.2) is 33.5 Å². The molecule has 18 heavy (non-hydrogen) atoms. The first-order chi connectivity index (χ1) is 8.60. The molecule has 0 radical (unpaired) electrons. The van der Waals surface area contributed by atoms with Gasteiger partial charge in [0.25, 0.3) is 0 Å². The molecule has 1 aromatic heterocycles. The highest BCUT2D eigenvalue weighted by molar-refractivity contribution is 7.98. The second-order valence-electron chi connectivity index (χ2n) is 5.05. The van der Waals surface area contributed by atoms with Crippen LogP contribution < -0.4 is 5.32 Å². The van der Waals surface area contributed by atoms with Crippen LogP contribution in [0.4, 0.5) is 0 Å². The highest BCUT2D eigenvalue weighted by Crippen LogP contribution is 2.15. The molecule has 1 aliphatic rings. The zero-order valence-corrected chi connectivity index (χ0v) is 12.1. The fraction of sp³-hybridized carbons (Fsp3) is 0.692. The number of hydrogen-bond donors (Lipinski definition) is 1. The molecule has 0 aromatic carbocycles. The van der Waals surface area contributed by atoms with Gasteiger partial charge in [-0.3, -0.25) is 4.79 Å². The number of rotatable bonds is 4. The Morgan fingerprint density at radius 1 is 1.72 bits per heavy atom. The average Bonchev–Trinajstić information content (AvgIpc) is 2.68. The fourth-order valence-corrected chi connectivity index (χ4v) is 3.02. The van der Waals surface area contributed by atoms with Crippen molar-refractivity contribution in [2.75, 3.05) is 12.0 Å². The van der Waals surface area contributed by atoms with E-state index in [2.05, 4.69) is 21.1 Å². The summed E-state index contributed by atoms with van der Waals surface area (Å²) in [6.45, 7) is 4.86. The van der Waals surface area contributed by atoms with E-state index in [-0.39, 0.29) is 17.9 Å². The summed E-state index contributed by atoms with van der Waals surface area (Å²) in [5.41, 5.74) is 1.06. The smallest absolute Gasteiger partial charge is 0.223 e. The lowest BCUT2D eigenvalue weighted by atomic mass is 10.1. The van der Waals surface area contributed by atoms with Crippen LogP contribution in [0.25, 0.3) is 0 Å². The largest absolute Gasteiger partial charge is 0.351 e. The van der Waals surface area contributed by atoms with Crippen LogP contribution in [0.3, 0.4) is 0 Å². The molecule has 1 aromatic rings. The molecule has 2 rings (SSSR count). The average molecular weight is 267 g/mol. The predicted octanol–water partition coefficient (Wildman–Crippen LogP) is 1.62. The maximum absolute atomic E-state index is 12.0. The van der Waals surface area contributed by atoms with E-state index in [9.17, 15) is 4.79 Å². The van der Waals surface area contributed by atoms with E-state index in [0.717, 1.165) is 36.7 Å². The number of hydrogen-bond acceptors (Lipinski definition) is 3. The number of nitrogens with one attached hydrogen (secondary N) is 1. The van der Waals surface area contributed by atoms with Gasteiger partial charge in [-0.1, -0.05) is 6.92 Å². The molecule has 1 N–H and O–H groups in total. The van der Waals surface area contributed by atoms with E-state index in [1.165, 1.54) is 0 Å². The third-order valence-corrected chi connectivity index (χ3v) is 4.16. The van der Waals surface area contributed by atoms with Gasteiger partial charge in [-0.25, -0.2) is 4.98 Å². The van der Waals surface area contributed by atoms with Crippen LogP contribution in [0.15, 0.2) is 6.20 Å². The second-order valence-corrected chi connectivity index (χ2v) is 5.96. The summed E-state index contributed by atoms with van der Waals surface area (Å²) >= 11 is 1.72. The summed E-state index contributed by atoms with van der Waals surface area (Å²) in [5, 5.41) is 3.15. The van der Waals surface area contributed by atoms with Gasteiger partial charge in [0.15, 0.2) is 0 Å². The second kappa shape index (κ2) is 5.78. The van der Waals surface area contributed by atoms with Crippen LogP contribution in [0.1, 0.15) is 24.9 Å². The lowest BCUT2D eigenvalue weighted by Crippen LogP contribution is -2.43. The summed E-state index contributed by atoms with van der Waals surface area (Å²) in [6.07, 6.45) is 6.05. The first kappa shape index (κ1) is 13.5. The molecule has 1 aliphatic heterocycles. The Bertz CT molecular complexity index is 430. The number of amides is 1. The Labute approximate surface area is 113 Å². The molecule has 4 nitrogen and oxygen atoms in total. The van der Waals surface area contributed by atoms with Crippen molar-refractivity contribution in [3.8, 4) is 0 Å². The van der Waals surface area contributed by atoms with Gasteiger partial charge < -0.3 is 9.88 Å². The lowest BCUT2D eigenvalue weighted by molar-refractivity contribution is -0.124. The van der Waals surface area contributed by atoms with Crippen molar-refractivity contribution in [3.05, 3.63) is 17.7 Å². The number of nitrogens with zero attached hydrogens (tertiary/aromatic N) is 2. The molecule has 2 heterocycles. The lowest BCUT2D eigenvalue weighted by Gasteiger charge is -2.25. The molecule has 1 amide bonds. The third-order valence-electron chi connectivity index (χ3n) is 3.32. The Hall–Kier alpha value is -0.970. The van der Waals surface area contributed by atoms with Crippen LogP contribution in [0.5, 0.6) is 0 Å². The van der Waals surface area contributed by atoms with Crippen LogP contribution >= 0.6 is 11.8 Å². The highest BCUT2D eigenvalue weighted by atomic mass is 32.2. The molecule has 100 valence electrons. The standard InChI is InChI=1S/C13H21N3OS/c1-9(8-18-3)13(17)15-11-4-5-12-14-10(2)6-16(12)7-11/h6,9,11H,4-5,7-8H2,1-3H3,(H,15,17)/t9-,11+/m1/s1. The predicted molar refractivity (Wildman–Crippen MR) is 74.8 cm³/mol. The molecule has 0 fully saturated rings. The minimum atomic E-state index is 0.0888. The van der Waals surface area contributed by atoms with Gasteiger partial charge in [-0.2, -0.15) is 11.8 Å². The number of carbonyl (C=O) groups is 1. The molecule has 0 saturated heterocycles. The van der Waals surface area contributed by atoms with Crippen molar-refractivity contribution < 1.29 is 4.79 Å².